The highest BCUT2D eigenvalue weighted by Crippen LogP contribution is 2.36. The average molecular weight is 555 g/mol. The smallest absolute Gasteiger partial charge is 0.219 e. The maximum Gasteiger partial charge on any atom is 0.219 e. The lowest BCUT2D eigenvalue weighted by Gasteiger charge is -2.31. The summed E-state index contributed by atoms with van der Waals surface area (Å²) < 4.78 is 71.4. The third kappa shape index (κ3) is 5.44. The van der Waals surface area contributed by atoms with Crippen molar-refractivity contribution in [1.29, 1.82) is 0 Å². The second-order valence-corrected chi connectivity index (χ2v) is 11.4. The molecule has 0 radical (unpaired) electrons. The van der Waals surface area contributed by atoms with Gasteiger partial charge in [0.1, 0.15) is 28.0 Å². The summed E-state index contributed by atoms with van der Waals surface area (Å²) in [5.41, 5.74) is 1.56. The number of carbonyl (C=O) groups is 1. The van der Waals surface area contributed by atoms with Crippen LogP contribution in [0.2, 0.25) is 0 Å². The SMILES string of the molecule is CC(=O)N1CCC(n2cc(-c3ccncc3)c(-c3cccc(CS(=O)(=O)c4cc(F)ccc4F)c3F)n2)CC1. The lowest BCUT2D eigenvalue weighted by molar-refractivity contribution is -0.130. The molecule has 1 fully saturated rings. The summed E-state index contributed by atoms with van der Waals surface area (Å²) in [7, 11) is -4.40. The Bertz CT molecular complexity index is 1630. The summed E-state index contributed by atoms with van der Waals surface area (Å²) >= 11 is 0. The van der Waals surface area contributed by atoms with E-state index in [1.165, 1.54) is 25.1 Å². The molecule has 0 spiro atoms. The number of nitrogens with zero attached hydrogens (tertiary/aromatic N) is 4. The van der Waals surface area contributed by atoms with Gasteiger partial charge in [0.2, 0.25) is 5.91 Å². The van der Waals surface area contributed by atoms with Crippen LogP contribution in [-0.2, 0) is 20.4 Å². The van der Waals surface area contributed by atoms with Crippen LogP contribution in [0.1, 0.15) is 31.4 Å². The number of sulfone groups is 1. The van der Waals surface area contributed by atoms with Crippen molar-refractivity contribution in [2.45, 2.75) is 36.5 Å². The summed E-state index contributed by atoms with van der Waals surface area (Å²) in [6, 6.07) is 9.96. The molecule has 39 heavy (non-hydrogen) atoms. The molecule has 7 nitrogen and oxygen atoms in total. The van der Waals surface area contributed by atoms with Crippen LogP contribution in [0, 0.1) is 17.5 Å². The molecule has 3 heterocycles. The molecule has 0 N–H and O–H groups in total. The minimum atomic E-state index is -4.40. The van der Waals surface area contributed by atoms with Crippen molar-refractivity contribution in [3.8, 4) is 22.4 Å². The Morgan fingerprint density at radius 2 is 1.72 bits per heavy atom. The Balaban J connectivity index is 1.54. The van der Waals surface area contributed by atoms with Gasteiger partial charge in [-0.15, -0.1) is 0 Å². The van der Waals surface area contributed by atoms with Crippen molar-refractivity contribution < 1.29 is 26.4 Å². The van der Waals surface area contributed by atoms with Crippen molar-refractivity contribution in [3.05, 3.63) is 90.1 Å². The van der Waals surface area contributed by atoms with Crippen LogP contribution >= 0.6 is 0 Å². The Morgan fingerprint density at radius 1 is 1.00 bits per heavy atom. The first kappa shape index (κ1) is 26.6. The normalized spacial score (nSPS) is 14.5. The minimum absolute atomic E-state index is 0.0130. The van der Waals surface area contributed by atoms with Crippen molar-refractivity contribution >= 4 is 15.7 Å². The Kier molecular flexibility index (Phi) is 7.26. The van der Waals surface area contributed by atoms with Gasteiger partial charge in [-0.2, -0.15) is 5.10 Å². The fraction of sp³-hybridized carbons (Fsp3) is 0.250. The van der Waals surface area contributed by atoms with Crippen LogP contribution in [0.3, 0.4) is 0 Å². The number of benzene rings is 2. The number of pyridine rings is 1. The fourth-order valence-electron chi connectivity index (χ4n) is 4.84. The summed E-state index contributed by atoms with van der Waals surface area (Å²) in [4.78, 5) is 16.7. The summed E-state index contributed by atoms with van der Waals surface area (Å²) in [6.07, 6.45) is 6.39. The number of rotatable bonds is 6. The van der Waals surface area contributed by atoms with Crippen molar-refractivity contribution in [2.75, 3.05) is 13.1 Å². The molecule has 0 bridgehead atoms. The number of amides is 1. The predicted molar refractivity (Wildman–Crippen MR) is 139 cm³/mol. The first-order valence-electron chi connectivity index (χ1n) is 12.3. The van der Waals surface area contributed by atoms with Crippen LogP contribution < -0.4 is 0 Å². The Morgan fingerprint density at radius 3 is 2.41 bits per heavy atom. The van der Waals surface area contributed by atoms with Crippen molar-refractivity contribution in [2.24, 2.45) is 0 Å². The number of piperidine rings is 1. The number of hydrogen-bond donors (Lipinski definition) is 0. The van der Waals surface area contributed by atoms with Gasteiger partial charge in [-0.25, -0.2) is 21.6 Å². The molecule has 2 aromatic carbocycles. The van der Waals surface area contributed by atoms with E-state index >= 15 is 4.39 Å². The third-order valence-electron chi connectivity index (χ3n) is 6.91. The van der Waals surface area contributed by atoms with Crippen LogP contribution in [0.4, 0.5) is 13.2 Å². The van der Waals surface area contributed by atoms with Crippen LogP contribution in [-0.4, -0.2) is 47.1 Å². The molecule has 1 amide bonds. The highest BCUT2D eigenvalue weighted by molar-refractivity contribution is 7.90. The van der Waals surface area contributed by atoms with E-state index in [1.54, 1.807) is 34.1 Å². The number of carbonyl (C=O) groups excluding carboxylic acids is 1. The molecule has 2 aromatic heterocycles. The van der Waals surface area contributed by atoms with E-state index in [0.29, 0.717) is 43.3 Å². The van der Waals surface area contributed by atoms with Gasteiger partial charge in [0.15, 0.2) is 9.84 Å². The highest BCUT2D eigenvalue weighted by atomic mass is 32.2. The van der Waals surface area contributed by atoms with Gasteiger partial charge in [0.25, 0.3) is 0 Å². The molecule has 1 saturated heterocycles. The van der Waals surface area contributed by atoms with Gasteiger partial charge >= 0.3 is 0 Å². The molecule has 202 valence electrons. The molecule has 0 atom stereocenters. The standard InChI is InChI=1S/C28H25F3N4O3S/c1-18(36)34-13-9-22(10-14-34)35-16-24(19-7-11-32-12-8-19)28(33-35)23-4-2-3-20(27(23)31)17-39(37,38)26-15-21(29)5-6-25(26)30/h2-8,11-12,15-16,22H,9-10,13-14,17H2,1H3. The summed E-state index contributed by atoms with van der Waals surface area (Å²) in [5.74, 6) is -3.68. The molecule has 0 aliphatic carbocycles. The Hall–Kier alpha value is -3.99. The van der Waals surface area contributed by atoms with Crippen LogP contribution in [0.15, 0.2) is 72.0 Å². The second kappa shape index (κ2) is 10.6. The van der Waals surface area contributed by atoms with Gasteiger partial charge in [-0.1, -0.05) is 12.1 Å². The first-order chi connectivity index (χ1) is 18.6. The molecule has 4 aromatic rings. The summed E-state index contributed by atoms with van der Waals surface area (Å²) in [6.45, 7) is 2.70. The second-order valence-electron chi connectivity index (χ2n) is 9.46. The quantitative estimate of drug-likeness (QED) is 0.328. The molecule has 1 aliphatic rings. The number of aromatic nitrogens is 3. The Labute approximate surface area is 223 Å². The van der Waals surface area contributed by atoms with E-state index < -0.39 is 37.9 Å². The molecular weight excluding hydrogens is 529 g/mol. The maximum absolute atomic E-state index is 15.9. The van der Waals surface area contributed by atoms with Gasteiger partial charge < -0.3 is 4.90 Å². The van der Waals surface area contributed by atoms with Gasteiger partial charge in [-0.3, -0.25) is 14.5 Å². The lowest BCUT2D eigenvalue weighted by atomic mass is 10.0. The van der Waals surface area contributed by atoms with E-state index in [4.69, 9.17) is 5.10 Å². The van der Waals surface area contributed by atoms with E-state index in [-0.39, 0.29) is 23.1 Å². The number of hydrogen-bond acceptors (Lipinski definition) is 5. The largest absolute Gasteiger partial charge is 0.343 e. The van der Waals surface area contributed by atoms with E-state index in [2.05, 4.69) is 4.98 Å². The van der Waals surface area contributed by atoms with Gasteiger partial charge in [-0.05, 0) is 54.8 Å². The molecule has 5 rings (SSSR count). The predicted octanol–water partition coefficient (Wildman–Crippen LogP) is 5.19. The monoisotopic (exact) mass is 554 g/mol. The average Bonchev–Trinajstić information content (AvgIpc) is 3.37. The van der Waals surface area contributed by atoms with E-state index in [0.717, 1.165) is 17.7 Å². The van der Waals surface area contributed by atoms with Crippen LogP contribution in [0.25, 0.3) is 22.4 Å². The fourth-order valence-corrected chi connectivity index (χ4v) is 6.28. The molecular formula is C28H25F3N4O3S. The zero-order valence-electron chi connectivity index (χ0n) is 21.0. The number of halogens is 3. The first-order valence-corrected chi connectivity index (χ1v) is 14.0. The highest BCUT2D eigenvalue weighted by Gasteiger charge is 2.27. The molecule has 1 aliphatic heterocycles. The molecule has 0 saturated carbocycles. The van der Waals surface area contributed by atoms with E-state index in [1.807, 2.05) is 6.20 Å². The van der Waals surface area contributed by atoms with Gasteiger partial charge in [0.05, 0.1) is 11.8 Å². The van der Waals surface area contributed by atoms with Crippen molar-refractivity contribution in [3.63, 3.8) is 0 Å². The van der Waals surface area contributed by atoms with Crippen LogP contribution in [0.5, 0.6) is 0 Å². The lowest BCUT2D eigenvalue weighted by Crippen LogP contribution is -2.37. The van der Waals surface area contributed by atoms with E-state index in [9.17, 15) is 22.0 Å². The zero-order chi connectivity index (χ0) is 27.7. The third-order valence-corrected chi connectivity index (χ3v) is 8.59. The molecule has 0 unspecified atom stereocenters. The number of likely N-dealkylation sites (tertiary alicyclic amines) is 1. The minimum Gasteiger partial charge on any atom is -0.343 e. The molecule has 11 heteroatoms. The maximum atomic E-state index is 15.9. The van der Waals surface area contributed by atoms with Gasteiger partial charge in [0, 0.05) is 55.3 Å². The summed E-state index contributed by atoms with van der Waals surface area (Å²) in [5, 5.41) is 4.73. The van der Waals surface area contributed by atoms with Crippen molar-refractivity contribution in [1.82, 2.24) is 19.7 Å². The topological polar surface area (TPSA) is 85.2 Å². The zero-order valence-corrected chi connectivity index (χ0v) is 21.8.